The van der Waals surface area contributed by atoms with Crippen molar-refractivity contribution in [3.8, 4) is 0 Å². The van der Waals surface area contributed by atoms with Crippen LogP contribution in [0.4, 0.5) is 5.95 Å². The van der Waals surface area contributed by atoms with Crippen LogP contribution in [0.2, 0.25) is 5.02 Å². The quantitative estimate of drug-likeness (QED) is 0.501. The van der Waals surface area contributed by atoms with Crippen LogP contribution in [-0.2, 0) is 6.42 Å². The van der Waals surface area contributed by atoms with E-state index in [2.05, 4.69) is 58.2 Å². The van der Waals surface area contributed by atoms with Crippen LogP contribution >= 0.6 is 11.6 Å². The third kappa shape index (κ3) is 2.85. The number of H-pyrrole nitrogens is 1. The van der Waals surface area contributed by atoms with E-state index in [0.29, 0.717) is 0 Å². The van der Waals surface area contributed by atoms with Gasteiger partial charge >= 0.3 is 0 Å². The monoisotopic (exact) mass is 388 g/mol. The summed E-state index contributed by atoms with van der Waals surface area (Å²) in [6.07, 6.45) is 2.76. The molecule has 1 atom stereocenters. The van der Waals surface area contributed by atoms with Gasteiger partial charge in [-0.05, 0) is 55.7 Å². The fraction of sp³-hybridized carbons (Fsp3) is 0.217. The first kappa shape index (κ1) is 17.3. The lowest BCUT2D eigenvalue weighted by atomic mass is 9.92. The van der Waals surface area contributed by atoms with Gasteiger partial charge in [-0.2, -0.15) is 0 Å². The van der Waals surface area contributed by atoms with Crippen molar-refractivity contribution in [2.45, 2.75) is 26.3 Å². The Morgan fingerprint density at radius 2 is 1.89 bits per heavy atom. The van der Waals surface area contributed by atoms with Crippen molar-refractivity contribution in [1.82, 2.24) is 15.0 Å². The smallest absolute Gasteiger partial charge is 0.226 e. The number of fused-ring (bicyclic) bond motifs is 3. The Kier molecular flexibility index (Phi) is 4.09. The molecule has 2 aromatic heterocycles. The molecule has 1 aliphatic rings. The van der Waals surface area contributed by atoms with Crippen molar-refractivity contribution in [1.29, 1.82) is 0 Å². The number of hydrogen-bond donors (Lipinski definition) is 1. The average molecular weight is 389 g/mol. The molecule has 140 valence electrons. The summed E-state index contributed by atoms with van der Waals surface area (Å²) in [5.41, 5.74) is 7.13. The van der Waals surface area contributed by atoms with E-state index in [1.54, 1.807) is 0 Å². The lowest BCUT2D eigenvalue weighted by molar-refractivity contribution is 0.625. The highest BCUT2D eigenvalue weighted by molar-refractivity contribution is 6.31. The molecule has 0 fully saturated rings. The van der Waals surface area contributed by atoms with Crippen molar-refractivity contribution in [3.05, 3.63) is 87.8 Å². The number of hydrogen-bond acceptors (Lipinski definition) is 3. The van der Waals surface area contributed by atoms with Crippen LogP contribution < -0.4 is 4.90 Å². The van der Waals surface area contributed by atoms with E-state index in [1.165, 1.54) is 27.8 Å². The van der Waals surface area contributed by atoms with Gasteiger partial charge in [-0.15, -0.1) is 0 Å². The second kappa shape index (κ2) is 6.64. The molecule has 2 aromatic carbocycles. The molecule has 1 N–H and O–H groups in total. The number of nitrogens with zero attached hydrogens (tertiary/aromatic N) is 3. The van der Waals surface area contributed by atoms with Crippen LogP contribution in [0.25, 0.3) is 10.9 Å². The van der Waals surface area contributed by atoms with Gasteiger partial charge in [0.05, 0.1) is 6.04 Å². The van der Waals surface area contributed by atoms with Gasteiger partial charge in [-0.1, -0.05) is 41.4 Å². The molecule has 5 rings (SSSR count). The zero-order valence-electron chi connectivity index (χ0n) is 15.9. The van der Waals surface area contributed by atoms with Crippen LogP contribution in [-0.4, -0.2) is 21.5 Å². The number of benzene rings is 2. The van der Waals surface area contributed by atoms with E-state index < -0.39 is 0 Å². The van der Waals surface area contributed by atoms with Gasteiger partial charge in [0.15, 0.2) is 0 Å². The standard InChI is InChI=1S/C23H21ClN4/c1-14-3-5-16(6-4-14)22-21-18(19-13-17(24)7-8-20(19)27-21)10-12-28(22)23-25-11-9-15(2)26-23/h3-9,11,13,22,27H,10,12H2,1-2H3. The molecule has 0 bridgehead atoms. The van der Waals surface area contributed by atoms with Gasteiger partial charge in [0.2, 0.25) is 5.95 Å². The van der Waals surface area contributed by atoms with Gasteiger partial charge in [-0.3, -0.25) is 0 Å². The van der Waals surface area contributed by atoms with E-state index in [0.717, 1.165) is 35.1 Å². The maximum Gasteiger partial charge on any atom is 0.226 e. The molecular formula is C23H21ClN4. The maximum absolute atomic E-state index is 6.29. The molecule has 5 heteroatoms. The fourth-order valence-corrected chi connectivity index (χ4v) is 4.32. The first-order chi connectivity index (χ1) is 13.6. The summed E-state index contributed by atoms with van der Waals surface area (Å²) >= 11 is 6.29. The van der Waals surface area contributed by atoms with Crippen LogP contribution in [0.5, 0.6) is 0 Å². The van der Waals surface area contributed by atoms with Crippen molar-refractivity contribution in [2.75, 3.05) is 11.4 Å². The predicted octanol–water partition coefficient (Wildman–Crippen LogP) is 5.38. The van der Waals surface area contributed by atoms with E-state index in [1.807, 2.05) is 25.3 Å². The summed E-state index contributed by atoms with van der Waals surface area (Å²) < 4.78 is 0. The molecule has 4 aromatic rings. The molecule has 1 aliphatic heterocycles. The predicted molar refractivity (Wildman–Crippen MR) is 114 cm³/mol. The second-order valence-corrected chi connectivity index (χ2v) is 7.90. The molecular weight excluding hydrogens is 368 g/mol. The first-order valence-corrected chi connectivity index (χ1v) is 9.91. The topological polar surface area (TPSA) is 44.8 Å². The highest BCUT2D eigenvalue weighted by Crippen LogP contribution is 2.40. The lowest BCUT2D eigenvalue weighted by Gasteiger charge is -2.36. The Morgan fingerprint density at radius 3 is 2.68 bits per heavy atom. The number of aromatic amines is 1. The molecule has 28 heavy (non-hydrogen) atoms. The van der Waals surface area contributed by atoms with Crippen molar-refractivity contribution >= 4 is 28.5 Å². The minimum atomic E-state index is 0.0392. The maximum atomic E-state index is 6.29. The van der Waals surface area contributed by atoms with Gasteiger partial charge in [0, 0.05) is 40.1 Å². The minimum absolute atomic E-state index is 0.0392. The van der Waals surface area contributed by atoms with Crippen molar-refractivity contribution < 1.29 is 0 Å². The largest absolute Gasteiger partial charge is 0.356 e. The summed E-state index contributed by atoms with van der Waals surface area (Å²) in [5, 5.41) is 1.98. The second-order valence-electron chi connectivity index (χ2n) is 7.46. The Bertz CT molecular complexity index is 1160. The Balaban J connectivity index is 1.72. The normalized spacial score (nSPS) is 16.4. The van der Waals surface area contributed by atoms with Gasteiger partial charge in [0.25, 0.3) is 0 Å². The molecule has 1 unspecified atom stereocenters. The Morgan fingerprint density at radius 1 is 1.07 bits per heavy atom. The molecule has 0 radical (unpaired) electrons. The number of rotatable bonds is 2. The summed E-state index contributed by atoms with van der Waals surface area (Å²) in [6.45, 7) is 4.98. The Hall–Kier alpha value is -2.85. The molecule has 0 spiro atoms. The SMILES string of the molecule is Cc1ccc(C2c3[nH]c4ccc(Cl)cc4c3CCN2c2nccc(C)n2)cc1. The van der Waals surface area contributed by atoms with Crippen molar-refractivity contribution in [2.24, 2.45) is 0 Å². The minimum Gasteiger partial charge on any atom is -0.356 e. The molecule has 0 amide bonds. The highest BCUT2D eigenvalue weighted by atomic mass is 35.5. The van der Waals surface area contributed by atoms with E-state index >= 15 is 0 Å². The number of nitrogens with one attached hydrogen (secondary N) is 1. The molecule has 0 saturated heterocycles. The van der Waals surface area contributed by atoms with Crippen LogP contribution in [0.3, 0.4) is 0 Å². The summed E-state index contributed by atoms with van der Waals surface area (Å²) in [6, 6.07) is 16.8. The third-order valence-corrected chi connectivity index (χ3v) is 5.76. The molecule has 3 heterocycles. The lowest BCUT2D eigenvalue weighted by Crippen LogP contribution is -2.37. The van der Waals surface area contributed by atoms with Crippen LogP contribution in [0, 0.1) is 13.8 Å². The van der Waals surface area contributed by atoms with E-state index in [4.69, 9.17) is 16.6 Å². The average Bonchev–Trinajstić information content (AvgIpc) is 3.06. The van der Waals surface area contributed by atoms with Crippen LogP contribution in [0.15, 0.2) is 54.7 Å². The highest BCUT2D eigenvalue weighted by Gasteiger charge is 2.33. The number of halogens is 1. The van der Waals surface area contributed by atoms with Crippen molar-refractivity contribution in [3.63, 3.8) is 0 Å². The zero-order chi connectivity index (χ0) is 19.3. The molecule has 4 nitrogen and oxygen atoms in total. The number of anilines is 1. The van der Waals surface area contributed by atoms with E-state index in [-0.39, 0.29) is 6.04 Å². The summed E-state index contributed by atoms with van der Waals surface area (Å²) in [4.78, 5) is 15.3. The molecule has 0 aliphatic carbocycles. The first-order valence-electron chi connectivity index (χ1n) is 9.53. The van der Waals surface area contributed by atoms with Gasteiger partial charge in [-0.25, -0.2) is 9.97 Å². The number of aryl methyl sites for hydroxylation is 2. The third-order valence-electron chi connectivity index (χ3n) is 5.52. The summed E-state index contributed by atoms with van der Waals surface area (Å²) in [5.74, 6) is 0.771. The van der Waals surface area contributed by atoms with Crippen LogP contribution in [0.1, 0.15) is 34.1 Å². The van der Waals surface area contributed by atoms with Gasteiger partial charge in [0.1, 0.15) is 0 Å². The van der Waals surface area contributed by atoms with Gasteiger partial charge < -0.3 is 9.88 Å². The number of aromatic nitrogens is 3. The Labute approximate surface area is 169 Å². The molecule has 0 saturated carbocycles. The zero-order valence-corrected chi connectivity index (χ0v) is 16.7. The summed E-state index contributed by atoms with van der Waals surface area (Å²) in [7, 11) is 0. The van der Waals surface area contributed by atoms with E-state index in [9.17, 15) is 0 Å². The fourth-order valence-electron chi connectivity index (χ4n) is 4.15.